The summed E-state index contributed by atoms with van der Waals surface area (Å²) in [6, 6.07) is 10.7. The summed E-state index contributed by atoms with van der Waals surface area (Å²) in [4.78, 5) is 4.37. The Bertz CT molecular complexity index is 570. The molecular formula is C20H32IN3O2. The predicted octanol–water partition coefficient (Wildman–Crippen LogP) is 2.58. The number of aliphatic hydroxyl groups excluding tert-OH is 1. The van der Waals surface area contributed by atoms with Crippen LogP contribution in [0.15, 0.2) is 35.3 Å². The Labute approximate surface area is 174 Å². The van der Waals surface area contributed by atoms with Gasteiger partial charge in [0.05, 0.1) is 6.61 Å². The topological polar surface area (TPSA) is 65.9 Å². The summed E-state index contributed by atoms with van der Waals surface area (Å²) in [7, 11) is 1.82. The summed E-state index contributed by atoms with van der Waals surface area (Å²) in [6.07, 6.45) is 5.44. The van der Waals surface area contributed by atoms with Crippen molar-refractivity contribution in [1.82, 2.24) is 10.6 Å². The fraction of sp³-hybridized carbons (Fsp3) is 0.650. The van der Waals surface area contributed by atoms with Crippen LogP contribution in [0, 0.1) is 10.8 Å². The van der Waals surface area contributed by atoms with Gasteiger partial charge >= 0.3 is 0 Å². The monoisotopic (exact) mass is 473 g/mol. The number of nitrogens with one attached hydrogen (secondary N) is 2. The lowest BCUT2D eigenvalue weighted by atomic mass is 9.84. The molecule has 1 saturated heterocycles. The van der Waals surface area contributed by atoms with E-state index < -0.39 is 0 Å². The minimum Gasteiger partial charge on any atom is -0.396 e. The van der Waals surface area contributed by atoms with Gasteiger partial charge in [-0.15, -0.1) is 24.0 Å². The molecule has 6 heteroatoms. The molecule has 0 amide bonds. The summed E-state index contributed by atoms with van der Waals surface area (Å²) in [5.74, 6) is 0.851. The quantitative estimate of drug-likeness (QED) is 0.309. The second kappa shape index (κ2) is 9.90. The van der Waals surface area contributed by atoms with Crippen LogP contribution in [-0.4, -0.2) is 51.0 Å². The maximum Gasteiger partial charge on any atom is 0.191 e. The molecule has 5 nitrogen and oxygen atoms in total. The molecule has 1 saturated carbocycles. The Morgan fingerprint density at radius 1 is 1.12 bits per heavy atom. The van der Waals surface area contributed by atoms with Gasteiger partial charge < -0.3 is 20.5 Å². The number of hydrogen-bond donors (Lipinski definition) is 3. The van der Waals surface area contributed by atoms with E-state index >= 15 is 0 Å². The van der Waals surface area contributed by atoms with Gasteiger partial charge in [0.15, 0.2) is 5.96 Å². The number of aliphatic hydroxyl groups is 1. The maximum absolute atomic E-state index is 9.34. The molecule has 1 aliphatic carbocycles. The van der Waals surface area contributed by atoms with E-state index in [0.717, 1.165) is 51.5 Å². The largest absolute Gasteiger partial charge is 0.396 e. The number of nitrogens with zero attached hydrogens (tertiary/aromatic N) is 1. The normalized spacial score (nSPS) is 24.0. The molecule has 0 aromatic heterocycles. The van der Waals surface area contributed by atoms with E-state index in [0.29, 0.717) is 5.41 Å². The molecule has 1 atom stereocenters. The first-order valence-electron chi connectivity index (χ1n) is 9.36. The highest BCUT2D eigenvalue weighted by Crippen LogP contribution is 2.47. The number of benzene rings is 1. The third kappa shape index (κ3) is 5.82. The van der Waals surface area contributed by atoms with E-state index in [-0.39, 0.29) is 36.0 Å². The Morgan fingerprint density at radius 2 is 1.81 bits per heavy atom. The van der Waals surface area contributed by atoms with Crippen molar-refractivity contribution in [3.63, 3.8) is 0 Å². The van der Waals surface area contributed by atoms with Crippen LogP contribution in [0.1, 0.15) is 31.2 Å². The van der Waals surface area contributed by atoms with Gasteiger partial charge in [0.1, 0.15) is 0 Å². The van der Waals surface area contributed by atoms with E-state index in [9.17, 15) is 5.11 Å². The average Bonchev–Trinajstić information content (AvgIpc) is 3.23. The maximum atomic E-state index is 9.34. The zero-order valence-corrected chi connectivity index (χ0v) is 18.0. The molecule has 0 radical (unpaired) electrons. The van der Waals surface area contributed by atoms with Crippen LogP contribution in [0.2, 0.25) is 0 Å². The van der Waals surface area contributed by atoms with E-state index in [4.69, 9.17) is 4.74 Å². The second-order valence-electron chi connectivity index (χ2n) is 7.72. The highest BCUT2D eigenvalue weighted by atomic mass is 127. The first kappa shape index (κ1) is 21.4. The first-order chi connectivity index (χ1) is 12.2. The van der Waals surface area contributed by atoms with Crippen LogP contribution in [0.5, 0.6) is 0 Å². The van der Waals surface area contributed by atoms with E-state index in [1.807, 2.05) is 7.05 Å². The molecule has 1 aliphatic heterocycles. The van der Waals surface area contributed by atoms with Gasteiger partial charge in [-0.2, -0.15) is 0 Å². The standard InChI is InChI=1S/C20H31N3O2.HI/c1-21-18(23-15-20(9-11-24)10-12-25-16-20)22-14-19(7-8-19)13-17-5-3-2-4-6-17;/h2-6,24H,7-16H2,1H3,(H2,21,22,23);1H. The summed E-state index contributed by atoms with van der Waals surface area (Å²) in [5, 5.41) is 16.3. The van der Waals surface area contributed by atoms with Crippen LogP contribution >= 0.6 is 24.0 Å². The van der Waals surface area contributed by atoms with Gasteiger partial charge in [-0.25, -0.2) is 0 Å². The Balaban J connectivity index is 0.00000243. The molecule has 1 aromatic rings. The number of guanidine groups is 1. The second-order valence-corrected chi connectivity index (χ2v) is 7.72. The number of ether oxygens (including phenoxy) is 1. The zero-order valence-electron chi connectivity index (χ0n) is 15.7. The molecule has 1 aromatic carbocycles. The molecular weight excluding hydrogens is 441 g/mol. The van der Waals surface area contributed by atoms with Crippen molar-refractivity contribution in [3.05, 3.63) is 35.9 Å². The van der Waals surface area contributed by atoms with Crippen LogP contribution in [0.25, 0.3) is 0 Å². The van der Waals surface area contributed by atoms with Gasteiger partial charge in [-0.3, -0.25) is 4.99 Å². The molecule has 2 aliphatic rings. The fourth-order valence-corrected chi connectivity index (χ4v) is 3.70. The molecule has 0 spiro atoms. The minimum atomic E-state index is 0. The van der Waals surface area contributed by atoms with Crippen molar-refractivity contribution in [1.29, 1.82) is 0 Å². The predicted molar refractivity (Wildman–Crippen MR) is 116 cm³/mol. The van der Waals surface area contributed by atoms with Gasteiger partial charge in [0.25, 0.3) is 0 Å². The van der Waals surface area contributed by atoms with Crippen LogP contribution < -0.4 is 10.6 Å². The first-order valence-corrected chi connectivity index (χ1v) is 9.36. The number of rotatable bonds is 8. The minimum absolute atomic E-state index is 0. The van der Waals surface area contributed by atoms with Crippen LogP contribution in [-0.2, 0) is 11.2 Å². The average molecular weight is 473 g/mol. The van der Waals surface area contributed by atoms with Gasteiger partial charge in [-0.05, 0) is 43.1 Å². The summed E-state index contributed by atoms with van der Waals surface area (Å²) < 4.78 is 5.56. The number of halogens is 1. The molecule has 2 fully saturated rings. The van der Waals surface area contributed by atoms with E-state index in [1.165, 1.54) is 18.4 Å². The van der Waals surface area contributed by atoms with Crippen LogP contribution in [0.4, 0.5) is 0 Å². The summed E-state index contributed by atoms with van der Waals surface area (Å²) in [6.45, 7) is 3.45. The number of aliphatic imine (C=N–C) groups is 1. The Kier molecular flexibility index (Phi) is 8.16. The van der Waals surface area contributed by atoms with Crippen molar-refractivity contribution >= 4 is 29.9 Å². The van der Waals surface area contributed by atoms with Gasteiger partial charge in [-0.1, -0.05) is 30.3 Å². The fourth-order valence-electron chi connectivity index (χ4n) is 3.70. The van der Waals surface area contributed by atoms with Gasteiger partial charge in [0.2, 0.25) is 0 Å². The SMILES string of the molecule is CN=C(NCC1(CCO)CCOC1)NCC1(Cc2ccccc2)CC1.I. The zero-order chi connectivity index (χ0) is 17.6. The van der Waals surface area contributed by atoms with Crippen molar-refractivity contribution in [2.24, 2.45) is 15.8 Å². The lowest BCUT2D eigenvalue weighted by molar-refractivity contribution is 0.127. The molecule has 1 heterocycles. The number of hydrogen-bond acceptors (Lipinski definition) is 3. The Morgan fingerprint density at radius 3 is 2.35 bits per heavy atom. The third-order valence-corrected chi connectivity index (χ3v) is 5.69. The highest BCUT2D eigenvalue weighted by molar-refractivity contribution is 14.0. The van der Waals surface area contributed by atoms with Crippen LogP contribution in [0.3, 0.4) is 0 Å². The summed E-state index contributed by atoms with van der Waals surface area (Å²) in [5.41, 5.74) is 1.82. The van der Waals surface area contributed by atoms with Crippen molar-refractivity contribution < 1.29 is 9.84 Å². The van der Waals surface area contributed by atoms with Crippen molar-refractivity contribution in [2.75, 3.05) is 40.0 Å². The van der Waals surface area contributed by atoms with Crippen molar-refractivity contribution in [3.8, 4) is 0 Å². The van der Waals surface area contributed by atoms with Gasteiger partial charge in [0, 0.05) is 38.8 Å². The lowest BCUT2D eigenvalue weighted by Gasteiger charge is -2.28. The molecule has 0 bridgehead atoms. The van der Waals surface area contributed by atoms with E-state index in [1.54, 1.807) is 0 Å². The molecule has 146 valence electrons. The molecule has 1 unspecified atom stereocenters. The molecule has 3 rings (SSSR count). The van der Waals surface area contributed by atoms with Crippen molar-refractivity contribution in [2.45, 2.75) is 32.1 Å². The molecule has 3 N–H and O–H groups in total. The van der Waals surface area contributed by atoms with E-state index in [2.05, 4.69) is 46.0 Å². The lowest BCUT2D eigenvalue weighted by Crippen LogP contribution is -2.46. The Hall–Kier alpha value is -0.860. The third-order valence-electron chi connectivity index (χ3n) is 5.69. The summed E-state index contributed by atoms with van der Waals surface area (Å²) >= 11 is 0. The smallest absolute Gasteiger partial charge is 0.191 e. The highest BCUT2D eigenvalue weighted by Gasteiger charge is 2.42. The molecule has 26 heavy (non-hydrogen) atoms.